The average molecular weight is 252 g/mol. The molecule has 5 heteroatoms. The molecule has 2 heterocycles. The number of hydrogen-bond acceptors (Lipinski definition) is 5. The molecule has 1 aromatic carbocycles. The normalized spacial score (nSPS) is 40.2. The van der Waals surface area contributed by atoms with Crippen molar-refractivity contribution in [2.75, 3.05) is 6.61 Å². The van der Waals surface area contributed by atoms with Crippen LogP contribution in [0.25, 0.3) is 0 Å². The molecule has 0 aliphatic carbocycles. The van der Waals surface area contributed by atoms with E-state index in [1.807, 2.05) is 30.3 Å². The Morgan fingerprint density at radius 3 is 2.61 bits per heavy atom. The topological polar surface area (TPSA) is 68.2 Å². The molecule has 2 aliphatic heterocycles. The summed E-state index contributed by atoms with van der Waals surface area (Å²) in [5, 5.41) is 19.3. The Kier molecular flexibility index (Phi) is 3.32. The summed E-state index contributed by atoms with van der Waals surface area (Å²) in [6.07, 6.45) is -2.85. The van der Waals surface area contributed by atoms with Crippen molar-refractivity contribution in [3.8, 4) is 0 Å². The first-order valence-electron chi connectivity index (χ1n) is 6.07. The van der Waals surface area contributed by atoms with Gasteiger partial charge in [-0.3, -0.25) is 0 Å². The molecule has 0 amide bonds. The van der Waals surface area contributed by atoms with Gasteiger partial charge in [-0.2, -0.15) is 0 Å². The van der Waals surface area contributed by atoms with E-state index >= 15 is 0 Å². The third-order valence-corrected chi connectivity index (χ3v) is 3.29. The Morgan fingerprint density at radius 1 is 1.06 bits per heavy atom. The van der Waals surface area contributed by atoms with Crippen LogP contribution in [0.15, 0.2) is 30.3 Å². The number of aliphatic hydroxyl groups excluding tert-OH is 2. The molecular formula is C13H16O5. The maximum atomic E-state index is 9.92. The molecule has 0 bridgehead atoms. The maximum absolute atomic E-state index is 9.92. The van der Waals surface area contributed by atoms with Gasteiger partial charge in [0, 0.05) is 12.0 Å². The van der Waals surface area contributed by atoms with Crippen molar-refractivity contribution in [3.05, 3.63) is 35.9 Å². The van der Waals surface area contributed by atoms with Gasteiger partial charge in [0.15, 0.2) is 12.6 Å². The third kappa shape index (κ3) is 2.28. The van der Waals surface area contributed by atoms with Gasteiger partial charge < -0.3 is 24.4 Å². The quantitative estimate of drug-likeness (QED) is 0.764. The van der Waals surface area contributed by atoms with Crippen molar-refractivity contribution >= 4 is 0 Å². The molecule has 2 saturated heterocycles. The summed E-state index contributed by atoms with van der Waals surface area (Å²) >= 11 is 0. The van der Waals surface area contributed by atoms with Gasteiger partial charge in [-0.25, -0.2) is 0 Å². The molecule has 0 aromatic heterocycles. The van der Waals surface area contributed by atoms with Gasteiger partial charge in [-0.05, 0) is 0 Å². The second-order valence-corrected chi connectivity index (χ2v) is 4.61. The maximum Gasteiger partial charge on any atom is 0.184 e. The molecule has 0 saturated carbocycles. The van der Waals surface area contributed by atoms with E-state index < -0.39 is 30.9 Å². The van der Waals surface area contributed by atoms with E-state index in [0.717, 1.165) is 5.56 Å². The van der Waals surface area contributed by atoms with Crippen molar-refractivity contribution in [1.29, 1.82) is 0 Å². The second kappa shape index (κ2) is 4.95. The van der Waals surface area contributed by atoms with Crippen LogP contribution >= 0.6 is 0 Å². The lowest BCUT2D eigenvalue weighted by Gasteiger charge is -2.43. The average Bonchev–Trinajstić information content (AvgIpc) is 2.39. The van der Waals surface area contributed by atoms with Crippen molar-refractivity contribution in [2.24, 2.45) is 0 Å². The lowest BCUT2D eigenvalue weighted by molar-refractivity contribution is -0.331. The molecule has 2 aliphatic rings. The number of benzene rings is 1. The molecule has 5 nitrogen and oxygen atoms in total. The van der Waals surface area contributed by atoms with Crippen molar-refractivity contribution in [2.45, 2.75) is 37.3 Å². The SMILES string of the molecule is O[C@@H]1C[C@@H](O)[C@@H]2OC(c3ccccc3)OC[C@H]2O1. The van der Waals surface area contributed by atoms with Gasteiger partial charge in [0.1, 0.15) is 12.2 Å². The van der Waals surface area contributed by atoms with Crippen LogP contribution in [0.1, 0.15) is 18.3 Å². The zero-order valence-electron chi connectivity index (χ0n) is 9.81. The number of fused-ring (bicyclic) bond motifs is 1. The Labute approximate surface area is 105 Å². The van der Waals surface area contributed by atoms with E-state index in [1.54, 1.807) is 0 Å². The molecule has 5 atom stereocenters. The largest absolute Gasteiger partial charge is 0.390 e. The summed E-state index contributed by atoms with van der Waals surface area (Å²) in [5.41, 5.74) is 0.911. The zero-order chi connectivity index (χ0) is 12.5. The first kappa shape index (κ1) is 12.1. The van der Waals surface area contributed by atoms with Gasteiger partial charge >= 0.3 is 0 Å². The fourth-order valence-corrected chi connectivity index (χ4v) is 2.38. The summed E-state index contributed by atoms with van der Waals surface area (Å²) in [6, 6.07) is 9.56. The van der Waals surface area contributed by atoms with Crippen molar-refractivity contribution in [1.82, 2.24) is 0 Å². The number of ether oxygens (including phenoxy) is 3. The number of hydrogen-bond donors (Lipinski definition) is 2. The molecule has 98 valence electrons. The Hall–Kier alpha value is -0.980. The van der Waals surface area contributed by atoms with Crippen LogP contribution < -0.4 is 0 Å². The second-order valence-electron chi connectivity index (χ2n) is 4.61. The summed E-state index contributed by atoms with van der Waals surface area (Å²) in [6.45, 7) is 0.304. The summed E-state index contributed by atoms with van der Waals surface area (Å²) in [5.74, 6) is 0. The van der Waals surface area contributed by atoms with Gasteiger partial charge in [0.25, 0.3) is 0 Å². The Bertz CT molecular complexity index is 396. The number of rotatable bonds is 1. The van der Waals surface area contributed by atoms with Crippen LogP contribution in [-0.2, 0) is 14.2 Å². The van der Waals surface area contributed by atoms with E-state index in [9.17, 15) is 10.2 Å². The Morgan fingerprint density at radius 2 is 1.83 bits per heavy atom. The third-order valence-electron chi connectivity index (χ3n) is 3.29. The molecule has 1 unspecified atom stereocenters. The lowest BCUT2D eigenvalue weighted by atomic mass is 10.0. The standard InChI is InChI=1S/C13H16O5/c14-9-6-11(15)17-10-7-16-13(18-12(9)10)8-4-2-1-3-5-8/h1-5,9-15H,6-7H2/t9-,10-,11+,12+,13?/m1/s1. The molecule has 18 heavy (non-hydrogen) atoms. The van der Waals surface area contributed by atoms with E-state index in [0.29, 0.717) is 6.61 Å². The molecule has 0 spiro atoms. The minimum absolute atomic E-state index is 0.169. The minimum Gasteiger partial charge on any atom is -0.390 e. The molecule has 0 radical (unpaired) electrons. The molecule has 2 N–H and O–H groups in total. The molecule has 1 aromatic rings. The molecule has 2 fully saturated rings. The van der Waals surface area contributed by atoms with Gasteiger partial charge in [-0.15, -0.1) is 0 Å². The highest BCUT2D eigenvalue weighted by Gasteiger charge is 2.43. The van der Waals surface area contributed by atoms with E-state index in [2.05, 4.69) is 0 Å². The van der Waals surface area contributed by atoms with Crippen molar-refractivity contribution < 1.29 is 24.4 Å². The predicted molar refractivity (Wildman–Crippen MR) is 61.5 cm³/mol. The summed E-state index contributed by atoms with van der Waals surface area (Å²) in [7, 11) is 0. The highest BCUT2D eigenvalue weighted by Crippen LogP contribution is 2.33. The Balaban J connectivity index is 1.73. The van der Waals surface area contributed by atoms with Crippen LogP contribution in [-0.4, -0.2) is 41.4 Å². The monoisotopic (exact) mass is 252 g/mol. The lowest BCUT2D eigenvalue weighted by Crippen LogP contribution is -2.54. The molecular weight excluding hydrogens is 236 g/mol. The van der Waals surface area contributed by atoms with Crippen LogP contribution in [0.2, 0.25) is 0 Å². The summed E-state index contributed by atoms with van der Waals surface area (Å²) in [4.78, 5) is 0. The van der Waals surface area contributed by atoms with E-state index in [1.165, 1.54) is 0 Å². The first-order chi connectivity index (χ1) is 8.74. The van der Waals surface area contributed by atoms with Gasteiger partial charge in [0.2, 0.25) is 0 Å². The fraction of sp³-hybridized carbons (Fsp3) is 0.538. The minimum atomic E-state index is -0.943. The molecule has 3 rings (SSSR count). The first-order valence-corrected chi connectivity index (χ1v) is 6.07. The zero-order valence-corrected chi connectivity index (χ0v) is 9.81. The van der Waals surface area contributed by atoms with E-state index in [4.69, 9.17) is 14.2 Å². The van der Waals surface area contributed by atoms with Gasteiger partial charge in [0.05, 0.1) is 12.7 Å². The van der Waals surface area contributed by atoms with E-state index in [-0.39, 0.29) is 6.42 Å². The predicted octanol–water partition coefficient (Wildman–Crippen LogP) is 0.569. The fourth-order valence-electron chi connectivity index (χ4n) is 2.38. The summed E-state index contributed by atoms with van der Waals surface area (Å²) < 4.78 is 16.6. The van der Waals surface area contributed by atoms with Crippen molar-refractivity contribution in [3.63, 3.8) is 0 Å². The van der Waals surface area contributed by atoms with Crippen LogP contribution in [0, 0.1) is 0 Å². The van der Waals surface area contributed by atoms with Crippen LogP contribution in [0.3, 0.4) is 0 Å². The van der Waals surface area contributed by atoms with Crippen LogP contribution in [0.5, 0.6) is 0 Å². The van der Waals surface area contributed by atoms with Gasteiger partial charge in [-0.1, -0.05) is 30.3 Å². The highest BCUT2D eigenvalue weighted by molar-refractivity contribution is 5.16. The van der Waals surface area contributed by atoms with Crippen LogP contribution in [0.4, 0.5) is 0 Å². The number of aliphatic hydroxyl groups is 2. The highest BCUT2D eigenvalue weighted by atomic mass is 16.7. The smallest absolute Gasteiger partial charge is 0.184 e.